The molecule has 0 aliphatic carbocycles. The van der Waals surface area contributed by atoms with Crippen LogP contribution >= 0.6 is 0 Å². The predicted molar refractivity (Wildman–Crippen MR) is 60.6 cm³/mol. The summed E-state index contributed by atoms with van der Waals surface area (Å²) in [4.78, 5) is 25.0. The first-order valence-corrected chi connectivity index (χ1v) is 5.26. The molecular weight excluding hydrogens is 222 g/mol. The minimum absolute atomic E-state index is 0.284. The average molecular weight is 235 g/mol. The summed E-state index contributed by atoms with van der Waals surface area (Å²) in [5.74, 6) is 0.331. The van der Waals surface area contributed by atoms with Gasteiger partial charge in [0.2, 0.25) is 0 Å². The van der Waals surface area contributed by atoms with Crippen LogP contribution in [0.1, 0.15) is 27.6 Å². The van der Waals surface area contributed by atoms with E-state index in [9.17, 15) is 9.59 Å². The maximum atomic E-state index is 11.9. The molecule has 1 aromatic carbocycles. The van der Waals surface area contributed by atoms with Crippen LogP contribution in [0.5, 0.6) is 11.5 Å². The van der Waals surface area contributed by atoms with E-state index in [4.69, 9.17) is 9.47 Å². The van der Waals surface area contributed by atoms with Gasteiger partial charge in [-0.15, -0.1) is 0 Å². The Morgan fingerprint density at radius 3 is 1.71 bits per heavy atom. The molecule has 0 unspecified atom stereocenters. The van der Waals surface area contributed by atoms with E-state index in [-0.39, 0.29) is 11.8 Å². The molecule has 90 valence electrons. The molecule has 0 atom stereocenters. The van der Waals surface area contributed by atoms with Crippen molar-refractivity contribution >= 4 is 11.8 Å². The molecule has 2 amide bonds. The fourth-order valence-corrected chi connectivity index (χ4v) is 1.90. The summed E-state index contributed by atoms with van der Waals surface area (Å²) in [5, 5.41) is 0. The molecule has 0 saturated carbocycles. The highest BCUT2D eigenvalue weighted by Crippen LogP contribution is 2.34. The summed E-state index contributed by atoms with van der Waals surface area (Å²) in [6.45, 7) is 2.12. The van der Waals surface area contributed by atoms with Crippen LogP contribution in [-0.2, 0) is 0 Å². The molecule has 2 rings (SSSR count). The lowest BCUT2D eigenvalue weighted by molar-refractivity contribution is 0.0663. The number of amides is 2. The van der Waals surface area contributed by atoms with Gasteiger partial charge in [0.1, 0.15) is 0 Å². The van der Waals surface area contributed by atoms with Crippen LogP contribution < -0.4 is 9.47 Å². The van der Waals surface area contributed by atoms with Gasteiger partial charge in [0, 0.05) is 6.54 Å². The van der Waals surface area contributed by atoms with E-state index in [1.54, 1.807) is 19.1 Å². The van der Waals surface area contributed by atoms with Crippen molar-refractivity contribution in [2.24, 2.45) is 0 Å². The van der Waals surface area contributed by atoms with Gasteiger partial charge in [-0.05, 0) is 19.1 Å². The first-order valence-electron chi connectivity index (χ1n) is 5.26. The minimum atomic E-state index is -0.284. The topological polar surface area (TPSA) is 55.8 Å². The third-order valence-corrected chi connectivity index (χ3v) is 2.79. The number of carbonyl (C=O) groups excluding carboxylic acids is 2. The molecule has 17 heavy (non-hydrogen) atoms. The molecule has 1 heterocycles. The maximum Gasteiger partial charge on any atom is 0.261 e. The Kier molecular flexibility index (Phi) is 2.75. The Bertz CT molecular complexity index is 453. The Labute approximate surface area is 98.9 Å². The van der Waals surface area contributed by atoms with Gasteiger partial charge in [0.05, 0.1) is 25.3 Å². The fourth-order valence-electron chi connectivity index (χ4n) is 1.90. The Morgan fingerprint density at radius 2 is 1.41 bits per heavy atom. The van der Waals surface area contributed by atoms with Crippen LogP contribution in [-0.4, -0.2) is 37.5 Å². The Balaban J connectivity index is 2.59. The number of hydrogen-bond donors (Lipinski definition) is 0. The largest absolute Gasteiger partial charge is 0.493 e. The lowest BCUT2D eigenvalue weighted by Gasteiger charge is -2.08. The van der Waals surface area contributed by atoms with Crippen LogP contribution in [0.25, 0.3) is 0 Å². The van der Waals surface area contributed by atoms with Crippen molar-refractivity contribution in [3.8, 4) is 11.5 Å². The molecule has 0 spiro atoms. The van der Waals surface area contributed by atoms with Gasteiger partial charge in [-0.2, -0.15) is 0 Å². The molecule has 1 aliphatic heterocycles. The molecule has 1 aliphatic rings. The molecular formula is C12H13NO4. The molecule has 0 aromatic heterocycles. The van der Waals surface area contributed by atoms with E-state index in [1.807, 2.05) is 0 Å². The van der Waals surface area contributed by atoms with E-state index in [0.29, 0.717) is 29.2 Å². The van der Waals surface area contributed by atoms with Gasteiger partial charge in [-0.3, -0.25) is 14.5 Å². The smallest absolute Gasteiger partial charge is 0.261 e. The van der Waals surface area contributed by atoms with Crippen LogP contribution in [0.15, 0.2) is 12.1 Å². The van der Waals surface area contributed by atoms with Crippen LogP contribution in [0.2, 0.25) is 0 Å². The van der Waals surface area contributed by atoms with Gasteiger partial charge in [0.25, 0.3) is 11.8 Å². The van der Waals surface area contributed by atoms with Crippen molar-refractivity contribution < 1.29 is 19.1 Å². The number of carbonyl (C=O) groups is 2. The minimum Gasteiger partial charge on any atom is -0.493 e. The highest BCUT2D eigenvalue weighted by molar-refractivity contribution is 6.21. The quantitative estimate of drug-likeness (QED) is 0.741. The van der Waals surface area contributed by atoms with Crippen molar-refractivity contribution in [3.63, 3.8) is 0 Å². The first-order chi connectivity index (χ1) is 8.13. The standard InChI is InChI=1S/C12H13NO4/c1-4-13-11(14)7-5-9(16-2)10(17-3)6-8(7)12(13)15/h5-6H,4H2,1-3H3. The second kappa shape index (κ2) is 4.08. The van der Waals surface area contributed by atoms with Crippen LogP contribution in [0.4, 0.5) is 0 Å². The maximum absolute atomic E-state index is 11.9. The van der Waals surface area contributed by atoms with Crippen molar-refractivity contribution in [2.45, 2.75) is 6.92 Å². The summed E-state index contributed by atoms with van der Waals surface area (Å²) in [6.07, 6.45) is 0. The second-order valence-corrected chi connectivity index (χ2v) is 3.61. The zero-order valence-electron chi connectivity index (χ0n) is 9.94. The van der Waals surface area contributed by atoms with E-state index in [1.165, 1.54) is 19.1 Å². The lowest BCUT2D eigenvalue weighted by atomic mass is 10.1. The average Bonchev–Trinajstić information content (AvgIpc) is 2.59. The van der Waals surface area contributed by atoms with Gasteiger partial charge in [0.15, 0.2) is 11.5 Å². The van der Waals surface area contributed by atoms with Crippen molar-refractivity contribution in [3.05, 3.63) is 23.3 Å². The predicted octanol–water partition coefficient (Wildman–Crippen LogP) is 1.32. The SMILES string of the molecule is CCN1C(=O)c2cc(OC)c(OC)cc2C1=O. The molecule has 0 fully saturated rings. The zero-order valence-corrected chi connectivity index (χ0v) is 9.94. The van der Waals surface area contributed by atoms with E-state index in [0.717, 1.165) is 0 Å². The monoisotopic (exact) mass is 235 g/mol. The number of methoxy groups -OCH3 is 2. The van der Waals surface area contributed by atoms with Crippen LogP contribution in [0.3, 0.4) is 0 Å². The molecule has 0 N–H and O–H groups in total. The summed E-state index contributed by atoms with van der Waals surface area (Å²) < 4.78 is 10.2. The number of nitrogens with zero attached hydrogens (tertiary/aromatic N) is 1. The number of fused-ring (bicyclic) bond motifs is 1. The van der Waals surface area contributed by atoms with Crippen molar-refractivity contribution in [1.29, 1.82) is 0 Å². The third-order valence-electron chi connectivity index (χ3n) is 2.79. The summed E-state index contributed by atoms with van der Waals surface area (Å²) in [7, 11) is 2.98. The first kappa shape index (κ1) is 11.4. The van der Waals surface area contributed by atoms with Gasteiger partial charge in [-0.25, -0.2) is 0 Å². The van der Waals surface area contributed by atoms with Gasteiger partial charge >= 0.3 is 0 Å². The molecule has 5 nitrogen and oxygen atoms in total. The second-order valence-electron chi connectivity index (χ2n) is 3.61. The number of benzene rings is 1. The Hall–Kier alpha value is -2.04. The summed E-state index contributed by atoms with van der Waals surface area (Å²) >= 11 is 0. The molecule has 5 heteroatoms. The van der Waals surface area contributed by atoms with E-state index in [2.05, 4.69) is 0 Å². The van der Waals surface area contributed by atoms with E-state index >= 15 is 0 Å². The van der Waals surface area contributed by atoms with Crippen LogP contribution in [0, 0.1) is 0 Å². The van der Waals surface area contributed by atoms with Crippen molar-refractivity contribution in [1.82, 2.24) is 4.90 Å². The fraction of sp³-hybridized carbons (Fsp3) is 0.333. The Morgan fingerprint density at radius 1 is 1.00 bits per heavy atom. The highest BCUT2D eigenvalue weighted by Gasteiger charge is 2.35. The summed E-state index contributed by atoms with van der Waals surface area (Å²) in [6, 6.07) is 3.09. The van der Waals surface area contributed by atoms with Crippen molar-refractivity contribution in [2.75, 3.05) is 20.8 Å². The third kappa shape index (κ3) is 1.54. The molecule has 0 bridgehead atoms. The normalized spacial score (nSPS) is 13.9. The lowest BCUT2D eigenvalue weighted by Crippen LogP contribution is -2.29. The molecule has 0 radical (unpaired) electrons. The number of imide groups is 1. The highest BCUT2D eigenvalue weighted by atomic mass is 16.5. The zero-order chi connectivity index (χ0) is 12.6. The van der Waals surface area contributed by atoms with Gasteiger partial charge < -0.3 is 9.47 Å². The summed E-state index contributed by atoms with van der Waals surface area (Å²) in [5.41, 5.74) is 0.740. The molecule has 0 saturated heterocycles. The number of hydrogen-bond acceptors (Lipinski definition) is 4. The van der Waals surface area contributed by atoms with Gasteiger partial charge in [-0.1, -0.05) is 0 Å². The number of ether oxygens (including phenoxy) is 2. The number of rotatable bonds is 3. The molecule has 1 aromatic rings. The van der Waals surface area contributed by atoms with E-state index < -0.39 is 0 Å².